The predicted molar refractivity (Wildman–Crippen MR) is 112 cm³/mol. The van der Waals surface area contributed by atoms with Crippen molar-refractivity contribution in [3.63, 3.8) is 0 Å². The number of ether oxygens (including phenoxy) is 2. The number of nitrogens with one attached hydrogen (secondary N) is 2. The fourth-order valence-corrected chi connectivity index (χ4v) is 4.02. The predicted octanol–water partition coefficient (Wildman–Crippen LogP) is 2.42. The molecule has 0 saturated carbocycles. The molecule has 164 valence electrons. The van der Waals surface area contributed by atoms with Gasteiger partial charge < -0.3 is 20.1 Å². The number of hydrogen-bond acceptors (Lipinski definition) is 8. The average molecular weight is 456 g/mol. The summed E-state index contributed by atoms with van der Waals surface area (Å²) in [5.74, 6) is -0.174. The van der Waals surface area contributed by atoms with E-state index in [0.717, 1.165) is 68.4 Å². The van der Waals surface area contributed by atoms with Gasteiger partial charge in [0.25, 0.3) is 21.2 Å². The zero-order valence-electron chi connectivity index (χ0n) is 16.4. The lowest BCUT2D eigenvalue weighted by atomic mass is 9.97. The Morgan fingerprint density at radius 1 is 1.27 bits per heavy atom. The number of carbonyl (C=O) groups is 1. The summed E-state index contributed by atoms with van der Waals surface area (Å²) >= 11 is 0.978. The van der Waals surface area contributed by atoms with E-state index in [-0.39, 0.29) is 10.1 Å². The summed E-state index contributed by atoms with van der Waals surface area (Å²) in [5, 5.41) is 5.81. The van der Waals surface area contributed by atoms with Crippen LogP contribution in [-0.4, -0.2) is 49.5 Å². The fourth-order valence-electron chi connectivity index (χ4n) is 3.00. The standard InChI is InChI=1S/C19H25N3O6S2/c23-18(22-13-30(24,25)26)17-12-21-19(29-17)28-16-3-1-15(2-4-16)11-20-8-5-14-6-9-27-10-7-14/h1-4,12,14,20H,5-11,13H2,(H,22,23)(H,24,25,26). The molecule has 1 aliphatic rings. The quantitative estimate of drug-likeness (QED) is 0.368. The van der Waals surface area contributed by atoms with E-state index < -0.39 is 21.9 Å². The second-order valence-electron chi connectivity index (χ2n) is 6.99. The van der Waals surface area contributed by atoms with Gasteiger partial charge in [-0.2, -0.15) is 8.42 Å². The summed E-state index contributed by atoms with van der Waals surface area (Å²) < 4.78 is 41.1. The fraction of sp³-hybridized carbons (Fsp3) is 0.474. The van der Waals surface area contributed by atoms with Crippen LogP contribution >= 0.6 is 11.3 Å². The highest BCUT2D eigenvalue weighted by Crippen LogP contribution is 2.26. The first-order valence-corrected chi connectivity index (χ1v) is 12.1. The molecule has 1 aromatic carbocycles. The zero-order chi connectivity index (χ0) is 21.4. The van der Waals surface area contributed by atoms with Gasteiger partial charge in [-0.3, -0.25) is 9.35 Å². The van der Waals surface area contributed by atoms with Crippen LogP contribution in [0.3, 0.4) is 0 Å². The summed E-state index contributed by atoms with van der Waals surface area (Å²) in [7, 11) is -4.28. The molecular weight excluding hydrogens is 430 g/mol. The van der Waals surface area contributed by atoms with Crippen molar-refractivity contribution in [2.45, 2.75) is 25.8 Å². The maximum absolute atomic E-state index is 11.8. The van der Waals surface area contributed by atoms with E-state index in [4.69, 9.17) is 14.0 Å². The summed E-state index contributed by atoms with van der Waals surface area (Å²) in [6.07, 6.45) is 4.74. The lowest BCUT2D eigenvalue weighted by molar-refractivity contribution is 0.0639. The minimum atomic E-state index is -4.28. The summed E-state index contributed by atoms with van der Waals surface area (Å²) in [6, 6.07) is 7.58. The molecule has 0 bridgehead atoms. The van der Waals surface area contributed by atoms with Gasteiger partial charge in [-0.05, 0) is 49.4 Å². The molecule has 0 atom stereocenters. The van der Waals surface area contributed by atoms with Crippen molar-refractivity contribution in [1.82, 2.24) is 15.6 Å². The average Bonchev–Trinajstić information content (AvgIpc) is 3.19. The normalized spacial score (nSPS) is 15.1. The maximum atomic E-state index is 11.8. The van der Waals surface area contributed by atoms with Crippen LogP contribution in [0.5, 0.6) is 10.9 Å². The second-order valence-corrected chi connectivity index (χ2v) is 9.44. The number of aromatic nitrogens is 1. The highest BCUT2D eigenvalue weighted by atomic mass is 32.2. The van der Waals surface area contributed by atoms with Crippen LogP contribution in [0.4, 0.5) is 0 Å². The molecule has 30 heavy (non-hydrogen) atoms. The highest BCUT2D eigenvalue weighted by molar-refractivity contribution is 7.85. The highest BCUT2D eigenvalue weighted by Gasteiger charge is 2.15. The van der Waals surface area contributed by atoms with Crippen molar-refractivity contribution < 1.29 is 27.2 Å². The SMILES string of the molecule is O=C(NCS(=O)(=O)O)c1cnc(Oc2ccc(CNCCC3CCOCC3)cc2)s1. The molecule has 2 aromatic rings. The molecule has 1 fully saturated rings. The van der Waals surface area contributed by atoms with Crippen molar-refractivity contribution in [3.8, 4) is 10.9 Å². The smallest absolute Gasteiger partial charge is 0.283 e. The van der Waals surface area contributed by atoms with Crippen LogP contribution in [0, 0.1) is 5.92 Å². The van der Waals surface area contributed by atoms with Crippen LogP contribution in [0.25, 0.3) is 0 Å². The lowest BCUT2D eigenvalue weighted by Crippen LogP contribution is -2.28. The van der Waals surface area contributed by atoms with Gasteiger partial charge in [0, 0.05) is 19.8 Å². The van der Waals surface area contributed by atoms with Gasteiger partial charge in [0.2, 0.25) is 0 Å². The summed E-state index contributed by atoms with van der Waals surface area (Å²) in [6.45, 7) is 3.51. The Kier molecular flexibility index (Phi) is 8.16. The van der Waals surface area contributed by atoms with E-state index in [2.05, 4.69) is 15.6 Å². The summed E-state index contributed by atoms with van der Waals surface area (Å²) in [5.41, 5.74) is 1.14. The van der Waals surface area contributed by atoms with Crippen molar-refractivity contribution >= 4 is 27.4 Å². The van der Waals surface area contributed by atoms with E-state index in [1.165, 1.54) is 6.20 Å². The van der Waals surface area contributed by atoms with Crippen LogP contribution in [-0.2, 0) is 21.4 Å². The van der Waals surface area contributed by atoms with Gasteiger partial charge in [0.1, 0.15) is 16.5 Å². The lowest BCUT2D eigenvalue weighted by Gasteiger charge is -2.21. The molecule has 9 nitrogen and oxygen atoms in total. The van der Waals surface area contributed by atoms with Gasteiger partial charge in [-0.15, -0.1) is 0 Å². The number of nitrogens with zero attached hydrogens (tertiary/aromatic N) is 1. The van der Waals surface area contributed by atoms with E-state index in [0.29, 0.717) is 5.75 Å². The largest absolute Gasteiger partial charge is 0.431 e. The molecule has 3 rings (SSSR count). The number of carbonyl (C=O) groups excluding carboxylic acids is 1. The summed E-state index contributed by atoms with van der Waals surface area (Å²) in [4.78, 5) is 16.0. The zero-order valence-corrected chi connectivity index (χ0v) is 18.0. The van der Waals surface area contributed by atoms with Crippen LogP contribution in [0.1, 0.15) is 34.5 Å². The number of benzene rings is 1. The number of rotatable bonds is 10. The molecule has 1 amide bonds. The first-order valence-electron chi connectivity index (χ1n) is 9.63. The molecule has 11 heteroatoms. The van der Waals surface area contributed by atoms with Gasteiger partial charge >= 0.3 is 0 Å². The van der Waals surface area contributed by atoms with Crippen molar-refractivity contribution in [2.75, 3.05) is 25.6 Å². The Hall–Kier alpha value is -2.05. The number of amides is 1. The monoisotopic (exact) mass is 455 g/mol. The topological polar surface area (TPSA) is 127 Å². The number of hydrogen-bond donors (Lipinski definition) is 3. The van der Waals surface area contributed by atoms with E-state index in [1.807, 2.05) is 24.3 Å². The third-order valence-electron chi connectivity index (χ3n) is 4.65. The van der Waals surface area contributed by atoms with Gasteiger partial charge in [-0.1, -0.05) is 23.5 Å². The number of thiazole rings is 1. The molecule has 1 saturated heterocycles. The molecule has 1 aromatic heterocycles. The molecule has 0 aliphatic carbocycles. The Labute approximate surface area is 179 Å². The Morgan fingerprint density at radius 3 is 2.70 bits per heavy atom. The Morgan fingerprint density at radius 2 is 2.00 bits per heavy atom. The van der Waals surface area contributed by atoms with Gasteiger partial charge in [0.15, 0.2) is 0 Å². The van der Waals surface area contributed by atoms with E-state index in [1.54, 1.807) is 0 Å². The molecule has 0 spiro atoms. The van der Waals surface area contributed by atoms with Crippen LogP contribution in [0.15, 0.2) is 30.5 Å². The Bertz CT molecular complexity index is 924. The first kappa shape index (κ1) is 22.6. The molecule has 0 unspecified atom stereocenters. The van der Waals surface area contributed by atoms with E-state index >= 15 is 0 Å². The van der Waals surface area contributed by atoms with Gasteiger partial charge in [0.05, 0.1) is 6.20 Å². The molecule has 2 heterocycles. The maximum Gasteiger partial charge on any atom is 0.283 e. The molecular formula is C19H25N3O6S2. The van der Waals surface area contributed by atoms with Gasteiger partial charge in [-0.25, -0.2) is 4.98 Å². The van der Waals surface area contributed by atoms with Crippen LogP contribution < -0.4 is 15.4 Å². The second kappa shape index (κ2) is 10.8. The van der Waals surface area contributed by atoms with Crippen molar-refractivity contribution in [2.24, 2.45) is 5.92 Å². The first-order chi connectivity index (χ1) is 14.4. The Balaban J connectivity index is 1.42. The molecule has 3 N–H and O–H groups in total. The minimum Gasteiger partial charge on any atom is -0.431 e. The third kappa shape index (κ3) is 7.65. The third-order valence-corrected chi connectivity index (χ3v) is 6.03. The molecule has 0 radical (unpaired) electrons. The molecule has 1 aliphatic heterocycles. The van der Waals surface area contributed by atoms with Crippen molar-refractivity contribution in [3.05, 3.63) is 40.9 Å². The minimum absolute atomic E-state index is 0.180. The van der Waals surface area contributed by atoms with Crippen molar-refractivity contribution in [1.29, 1.82) is 0 Å². The van der Waals surface area contributed by atoms with Crippen LogP contribution in [0.2, 0.25) is 0 Å². The van der Waals surface area contributed by atoms with E-state index in [9.17, 15) is 13.2 Å².